The molecule has 2 fully saturated rings. The van der Waals surface area contributed by atoms with E-state index in [9.17, 15) is 13.6 Å². The van der Waals surface area contributed by atoms with Crippen molar-refractivity contribution in [3.05, 3.63) is 35.4 Å². The highest BCUT2D eigenvalue weighted by Crippen LogP contribution is 2.39. The number of fused-ring (bicyclic) bond motifs is 2. The first kappa shape index (κ1) is 18.1. The summed E-state index contributed by atoms with van der Waals surface area (Å²) in [5, 5.41) is 3.08. The molecule has 6 heteroatoms. The summed E-state index contributed by atoms with van der Waals surface area (Å²) in [6, 6.07) is 3.72. The Morgan fingerprint density at radius 2 is 1.87 bits per heavy atom. The second-order valence-corrected chi connectivity index (χ2v) is 6.69. The fourth-order valence-electron chi connectivity index (χ4n) is 4.10. The molecule has 3 nitrogen and oxygen atoms in total. The second kappa shape index (κ2) is 7.58. The molecule has 1 amide bonds. The van der Waals surface area contributed by atoms with Crippen molar-refractivity contribution in [2.24, 2.45) is 17.6 Å². The van der Waals surface area contributed by atoms with Gasteiger partial charge in [-0.25, -0.2) is 8.78 Å². The average molecular weight is 345 g/mol. The van der Waals surface area contributed by atoms with Crippen LogP contribution in [-0.2, 0) is 11.2 Å². The fraction of sp³-hybridized carbons (Fsp3) is 0.588. The zero-order chi connectivity index (χ0) is 15.7. The maximum absolute atomic E-state index is 13.6. The number of carbonyl (C=O) groups is 1. The van der Waals surface area contributed by atoms with Crippen LogP contribution in [0.15, 0.2) is 18.2 Å². The number of hydrogen-bond donors (Lipinski definition) is 2. The van der Waals surface area contributed by atoms with Gasteiger partial charge in [-0.15, -0.1) is 12.4 Å². The highest BCUT2D eigenvalue weighted by molar-refractivity contribution is 5.85. The minimum Gasteiger partial charge on any atom is -0.353 e. The van der Waals surface area contributed by atoms with Crippen molar-refractivity contribution in [1.82, 2.24) is 5.32 Å². The normalized spacial score (nSPS) is 29.5. The molecule has 23 heavy (non-hydrogen) atoms. The lowest BCUT2D eigenvalue weighted by Crippen LogP contribution is -2.54. The summed E-state index contributed by atoms with van der Waals surface area (Å²) in [6.45, 7) is 0. The van der Waals surface area contributed by atoms with Gasteiger partial charge in [0.2, 0.25) is 5.91 Å². The van der Waals surface area contributed by atoms with E-state index in [1.165, 1.54) is 18.6 Å². The number of nitrogens with two attached hydrogens (primary N) is 1. The molecule has 0 saturated heterocycles. The summed E-state index contributed by atoms with van der Waals surface area (Å²) in [5.41, 5.74) is 6.31. The first-order valence-electron chi connectivity index (χ1n) is 8.02. The van der Waals surface area contributed by atoms with Gasteiger partial charge in [0.25, 0.3) is 0 Å². The maximum Gasteiger partial charge on any atom is 0.224 e. The van der Waals surface area contributed by atoms with E-state index in [0.29, 0.717) is 11.8 Å². The van der Waals surface area contributed by atoms with E-state index in [1.807, 2.05) is 0 Å². The highest BCUT2D eigenvalue weighted by atomic mass is 35.5. The van der Waals surface area contributed by atoms with Crippen molar-refractivity contribution in [1.29, 1.82) is 0 Å². The molecule has 3 N–H and O–H groups in total. The monoisotopic (exact) mass is 344 g/mol. The van der Waals surface area contributed by atoms with Crippen LogP contribution in [0.1, 0.15) is 37.7 Å². The third-order valence-electron chi connectivity index (χ3n) is 5.07. The van der Waals surface area contributed by atoms with Crippen LogP contribution in [0.2, 0.25) is 0 Å². The largest absolute Gasteiger partial charge is 0.353 e. The van der Waals surface area contributed by atoms with Crippen LogP contribution in [0, 0.1) is 23.5 Å². The van der Waals surface area contributed by atoms with E-state index in [-0.39, 0.29) is 42.4 Å². The van der Waals surface area contributed by atoms with Crippen LogP contribution in [0.4, 0.5) is 8.78 Å². The van der Waals surface area contributed by atoms with Crippen molar-refractivity contribution < 1.29 is 13.6 Å². The standard InChI is InChI=1S/C17H22F2N2O.ClH/c18-13-5-4-10(15(19)9-13)8-16(22)21-17-11-2-1-3-12(17)7-14(20)6-11;/h4-5,9,11-12,14,17H,1-3,6-8,20H2,(H,21,22);1H. The van der Waals surface area contributed by atoms with Gasteiger partial charge in [-0.1, -0.05) is 12.5 Å². The summed E-state index contributed by atoms with van der Waals surface area (Å²) in [5.74, 6) is -0.615. The smallest absolute Gasteiger partial charge is 0.224 e. The van der Waals surface area contributed by atoms with Crippen molar-refractivity contribution in [2.75, 3.05) is 0 Å². The van der Waals surface area contributed by atoms with Crippen LogP contribution in [0.25, 0.3) is 0 Å². The van der Waals surface area contributed by atoms with Gasteiger partial charge >= 0.3 is 0 Å². The lowest BCUT2D eigenvalue weighted by atomic mass is 9.67. The van der Waals surface area contributed by atoms with Crippen molar-refractivity contribution >= 4 is 18.3 Å². The van der Waals surface area contributed by atoms with Crippen LogP contribution in [0.5, 0.6) is 0 Å². The Morgan fingerprint density at radius 3 is 2.48 bits per heavy atom. The third kappa shape index (κ3) is 4.21. The summed E-state index contributed by atoms with van der Waals surface area (Å²) < 4.78 is 26.5. The van der Waals surface area contributed by atoms with Crippen molar-refractivity contribution in [3.63, 3.8) is 0 Å². The lowest BCUT2D eigenvalue weighted by molar-refractivity contribution is -0.122. The van der Waals surface area contributed by atoms with E-state index in [1.54, 1.807) is 0 Å². The SMILES string of the molecule is Cl.NC1CC2CCCC(C1)C2NC(=O)Cc1ccc(F)cc1F. The van der Waals surface area contributed by atoms with Gasteiger partial charge in [0, 0.05) is 18.2 Å². The molecule has 2 atom stereocenters. The van der Waals surface area contributed by atoms with Crippen molar-refractivity contribution in [2.45, 2.75) is 50.6 Å². The first-order valence-corrected chi connectivity index (χ1v) is 8.02. The molecule has 128 valence electrons. The molecular weight excluding hydrogens is 322 g/mol. The van der Waals surface area contributed by atoms with Crippen LogP contribution in [-0.4, -0.2) is 18.0 Å². The molecule has 0 heterocycles. The van der Waals surface area contributed by atoms with E-state index in [0.717, 1.165) is 31.7 Å². The second-order valence-electron chi connectivity index (χ2n) is 6.69. The molecule has 1 aromatic rings. The topological polar surface area (TPSA) is 55.1 Å². The van der Waals surface area contributed by atoms with E-state index in [2.05, 4.69) is 5.32 Å². The third-order valence-corrected chi connectivity index (χ3v) is 5.07. The number of halogens is 3. The predicted octanol–water partition coefficient (Wildman–Crippen LogP) is 2.95. The minimum atomic E-state index is -0.666. The summed E-state index contributed by atoms with van der Waals surface area (Å²) >= 11 is 0. The quantitative estimate of drug-likeness (QED) is 0.885. The predicted molar refractivity (Wildman–Crippen MR) is 87.3 cm³/mol. The van der Waals surface area contributed by atoms with Crippen molar-refractivity contribution in [3.8, 4) is 0 Å². The lowest BCUT2D eigenvalue weighted by Gasteiger charge is -2.45. The minimum absolute atomic E-state index is 0. The number of hydrogen-bond acceptors (Lipinski definition) is 2. The molecule has 2 unspecified atom stereocenters. The number of nitrogens with one attached hydrogen (secondary N) is 1. The first-order chi connectivity index (χ1) is 10.5. The Hall–Kier alpha value is -1.20. The fourth-order valence-corrected chi connectivity index (χ4v) is 4.10. The Kier molecular flexibility index (Phi) is 5.98. The molecule has 0 aromatic heterocycles. The summed E-state index contributed by atoms with van der Waals surface area (Å²) in [7, 11) is 0. The molecule has 2 aliphatic carbocycles. The van der Waals surface area contributed by atoms with Gasteiger partial charge in [-0.2, -0.15) is 0 Å². The summed E-state index contributed by atoms with van der Waals surface area (Å²) in [6.07, 6.45) is 5.24. The Labute approximate surface area is 141 Å². The van der Waals surface area contributed by atoms with Gasteiger partial charge in [-0.05, 0) is 49.1 Å². The molecule has 2 aliphatic rings. The average Bonchev–Trinajstić information content (AvgIpc) is 2.43. The van der Waals surface area contributed by atoms with Gasteiger partial charge in [0.15, 0.2) is 0 Å². The van der Waals surface area contributed by atoms with Crippen LogP contribution in [0.3, 0.4) is 0 Å². The maximum atomic E-state index is 13.6. The van der Waals surface area contributed by atoms with Gasteiger partial charge in [-0.3, -0.25) is 4.79 Å². The number of amides is 1. The molecule has 1 aromatic carbocycles. The van der Waals surface area contributed by atoms with Crippen LogP contribution >= 0.6 is 12.4 Å². The van der Waals surface area contributed by atoms with E-state index < -0.39 is 11.6 Å². The number of benzene rings is 1. The van der Waals surface area contributed by atoms with Gasteiger partial charge in [0.1, 0.15) is 11.6 Å². The number of carbonyl (C=O) groups excluding carboxylic acids is 1. The van der Waals surface area contributed by atoms with Crippen LogP contribution < -0.4 is 11.1 Å². The number of rotatable bonds is 3. The molecule has 3 rings (SSSR count). The zero-order valence-electron chi connectivity index (χ0n) is 12.9. The Bertz CT molecular complexity index is 556. The molecular formula is C17H23ClF2N2O. The molecule has 2 saturated carbocycles. The molecule has 0 aliphatic heterocycles. The Balaban J connectivity index is 0.00000192. The molecule has 0 spiro atoms. The van der Waals surface area contributed by atoms with Gasteiger partial charge < -0.3 is 11.1 Å². The van der Waals surface area contributed by atoms with E-state index in [4.69, 9.17) is 5.73 Å². The molecule has 2 bridgehead atoms. The van der Waals surface area contributed by atoms with Gasteiger partial charge in [0.05, 0.1) is 6.42 Å². The summed E-state index contributed by atoms with van der Waals surface area (Å²) in [4.78, 5) is 12.2. The zero-order valence-corrected chi connectivity index (χ0v) is 13.8. The Morgan fingerprint density at radius 1 is 1.22 bits per heavy atom. The molecule has 0 radical (unpaired) electrons. The highest BCUT2D eigenvalue weighted by Gasteiger charge is 2.39. The van der Waals surface area contributed by atoms with E-state index >= 15 is 0 Å².